The van der Waals surface area contributed by atoms with Gasteiger partial charge in [-0.05, 0) is 145 Å². The van der Waals surface area contributed by atoms with Gasteiger partial charge in [0.05, 0.1) is 83.4 Å². The molecule has 0 unspecified atom stereocenters. The molecule has 10 aromatic carbocycles. The van der Waals surface area contributed by atoms with E-state index in [4.69, 9.17) is 63.3 Å². The standard InChI is InChI=1S/C22H23ClN6O.2C22H22ClN3O.C22H20ClN3O.C14H10BrN.C8H11ClN2O.5CH4.B.2Na.H2O.H/c1-2-3-8-20-24-21(23)19(14-30)29(20)13-15-9-11-16(12-10-15)17-6-4-5-7-18(17)22-25-27-28-26-22;3*1-2-3-8-21-25-22(23)20(15-27)26(21)14-16-9-11-17(12-10-16)19-7-5-4-6-18(19)13-24;15-9-11-5-7-12(8-6-11)14-4-2-1-3-13(14)10-16;1-2-3-4-7-10-6(5-12)8(9)11-7;;;;;;;;;;/h4-7,9-12,30H,2-3,8,13-14H2,1H3,(H,25,26,27,28);2*4-7,9-12,27H,2-3,8,14-15H2,1H3;4-7,9-12,15H,2-3,8,14H2,1H3;1-8H,9H2;5H,2-4H2,1H3,(H,10,11);5*1H4;;;;1H2;/q;;;;;;;;;;;;2*+1;;-1/p-1. The fourth-order valence-corrected chi connectivity index (χ4v) is 17.1. The molecule has 0 aliphatic heterocycles. The summed E-state index contributed by atoms with van der Waals surface area (Å²) in [5.41, 5.74) is 21.8. The second kappa shape index (κ2) is 69.7. The molecule has 6 aromatic heterocycles. The third kappa shape index (κ3) is 36.4. The van der Waals surface area contributed by atoms with Crippen LogP contribution in [0.25, 0.3) is 67.0 Å². The molecule has 24 nitrogen and oxygen atoms in total. The van der Waals surface area contributed by atoms with E-state index in [2.05, 4.69) is 162 Å². The molecule has 0 amide bonds. The Morgan fingerprint density at radius 1 is 0.365 bits per heavy atom. The number of alkyl halides is 1. The summed E-state index contributed by atoms with van der Waals surface area (Å²) in [7, 11) is 0. The molecule has 3 radical (unpaired) electrons. The van der Waals surface area contributed by atoms with Crippen LogP contribution in [0, 0.1) is 45.3 Å². The first-order valence-electron chi connectivity index (χ1n) is 46.1. The first-order chi connectivity index (χ1) is 67.8. The van der Waals surface area contributed by atoms with Gasteiger partial charge in [0, 0.05) is 77.6 Å². The van der Waals surface area contributed by atoms with E-state index in [0.29, 0.717) is 110 Å². The summed E-state index contributed by atoms with van der Waals surface area (Å²) < 4.78 is 7.94. The van der Waals surface area contributed by atoms with Crippen LogP contribution in [-0.4, -0.2) is 111 Å². The van der Waals surface area contributed by atoms with Crippen molar-refractivity contribution in [3.05, 3.63) is 376 Å². The molecule has 0 spiro atoms. The van der Waals surface area contributed by atoms with Crippen molar-refractivity contribution >= 4 is 94.9 Å². The van der Waals surface area contributed by atoms with E-state index in [0.717, 1.165) is 221 Å². The van der Waals surface area contributed by atoms with E-state index >= 15 is 0 Å². The van der Waals surface area contributed by atoms with Gasteiger partial charge in [-0.2, -0.15) is 26.3 Å². The number of rotatable bonds is 35. The smallest absolute Gasteiger partial charge is 1.00 e. The van der Waals surface area contributed by atoms with Crippen LogP contribution < -0.4 is 59.1 Å². The van der Waals surface area contributed by atoms with Gasteiger partial charge in [0.25, 0.3) is 0 Å². The van der Waals surface area contributed by atoms with Gasteiger partial charge in [0.1, 0.15) is 45.7 Å². The maximum atomic E-state index is 11.5. The molecule has 6 N–H and O–H groups in total. The number of hydrogen-bond acceptors (Lipinski definition) is 18. The second-order valence-corrected chi connectivity index (χ2v) is 34.9. The van der Waals surface area contributed by atoms with E-state index in [9.17, 15) is 40.7 Å². The number of aromatic amines is 2. The first-order valence-corrected chi connectivity index (χ1v) is 49.1. The van der Waals surface area contributed by atoms with E-state index in [1.165, 1.54) is 5.56 Å². The van der Waals surface area contributed by atoms with Gasteiger partial charge in [0.15, 0.2) is 33.2 Å². The molecule has 33 heteroatoms. The third-order valence-electron chi connectivity index (χ3n) is 23.1. The zero-order valence-electron chi connectivity index (χ0n) is 82.1. The van der Waals surface area contributed by atoms with E-state index in [1.807, 2.05) is 225 Å². The van der Waals surface area contributed by atoms with E-state index in [-0.39, 0.29) is 137 Å². The summed E-state index contributed by atoms with van der Waals surface area (Å²) in [6.07, 6.45) is 16.1. The number of halogens is 6. The van der Waals surface area contributed by atoms with Gasteiger partial charge in [-0.3, -0.25) is 9.59 Å². The Kier molecular flexibility index (Phi) is 62.4. The van der Waals surface area contributed by atoms with Crippen LogP contribution in [0.5, 0.6) is 0 Å². The quantitative estimate of drug-likeness (QED) is 0.0140. The van der Waals surface area contributed by atoms with Crippen molar-refractivity contribution in [3.63, 3.8) is 0 Å². The van der Waals surface area contributed by atoms with Crippen molar-refractivity contribution in [2.45, 2.75) is 219 Å². The molecule has 148 heavy (non-hydrogen) atoms. The Bertz CT molecular complexity index is 6730. The summed E-state index contributed by atoms with van der Waals surface area (Å²) in [4.78, 5) is 46.4. The summed E-state index contributed by atoms with van der Waals surface area (Å²) >= 11 is 33.9. The largest absolute Gasteiger partial charge is 1.00 e. The average molecular weight is 2170 g/mol. The number of aliphatic hydroxyl groups excluding tert-OH is 3. The third-order valence-corrected chi connectivity index (χ3v) is 25.2. The summed E-state index contributed by atoms with van der Waals surface area (Å²) in [5, 5.41) is 83.0. The maximum Gasteiger partial charge on any atom is 1.00 e. The summed E-state index contributed by atoms with van der Waals surface area (Å²) in [6, 6.07) is 88.1. The number of aldehydes is 2. The molecule has 6 heterocycles. The molecular formula is C115H130BBrCl5N18Na2O6. The number of tetrazole rings is 1. The van der Waals surface area contributed by atoms with Crippen molar-refractivity contribution in [3.8, 4) is 91.3 Å². The zero-order valence-corrected chi connectivity index (χ0v) is 90.5. The van der Waals surface area contributed by atoms with Crippen molar-refractivity contribution in [1.82, 2.24) is 68.8 Å². The Hall–Kier alpha value is -11.5. The van der Waals surface area contributed by atoms with Crippen molar-refractivity contribution < 1.29 is 90.9 Å². The number of unbranched alkanes of at least 4 members (excludes halogenated alkanes) is 5. The van der Waals surface area contributed by atoms with Gasteiger partial charge >= 0.3 is 59.1 Å². The number of benzene rings is 10. The fraction of sp³-hybridized carbons (Fsp3) is 0.287. The van der Waals surface area contributed by atoms with Crippen LogP contribution in [0.4, 0.5) is 0 Å². The maximum absolute atomic E-state index is 11.5. The van der Waals surface area contributed by atoms with Crippen LogP contribution in [-0.2, 0) is 83.4 Å². The molecule has 0 saturated heterocycles. The number of nitrogens with one attached hydrogen (secondary N) is 2. The van der Waals surface area contributed by atoms with E-state index in [1.54, 1.807) is 0 Å². The number of aryl methyl sites for hydroxylation is 5. The Labute approximate surface area is 953 Å². The molecule has 0 aliphatic carbocycles. The Balaban J connectivity index is 0.000000898. The summed E-state index contributed by atoms with van der Waals surface area (Å²) in [6.45, 7) is 12.6. The topological polar surface area (TPSA) is 374 Å². The normalized spacial score (nSPS) is 9.99. The molecule has 0 atom stereocenters. The molecule has 0 fully saturated rings. The number of nitriles is 4. The fourth-order valence-electron chi connectivity index (χ4n) is 15.6. The Morgan fingerprint density at radius 2 is 0.635 bits per heavy atom. The van der Waals surface area contributed by atoms with Crippen LogP contribution in [0.3, 0.4) is 0 Å². The minimum atomic E-state index is -0.133. The number of H-pyrrole nitrogens is 2. The number of carbonyl (C=O) groups excluding carboxylic acids is 2. The monoisotopic (exact) mass is 2170 g/mol. The number of imidazole rings is 5. The minimum absolute atomic E-state index is 0. The molecule has 16 aromatic rings. The zero-order chi connectivity index (χ0) is 99.0. The molecule has 0 aliphatic rings. The number of aliphatic hydroxyl groups is 3. The van der Waals surface area contributed by atoms with Crippen LogP contribution in [0.1, 0.15) is 255 Å². The molecule has 0 saturated carbocycles. The van der Waals surface area contributed by atoms with Crippen LogP contribution in [0.2, 0.25) is 25.8 Å². The van der Waals surface area contributed by atoms with Crippen molar-refractivity contribution in [2.75, 3.05) is 0 Å². The predicted octanol–water partition coefficient (Wildman–Crippen LogP) is 22.5. The molecule has 0 bridgehead atoms. The van der Waals surface area contributed by atoms with E-state index < -0.39 is 0 Å². The van der Waals surface area contributed by atoms with Gasteiger partial charge in [-0.15, -0.1) is 10.2 Å². The molecular weight excluding hydrogens is 2040 g/mol. The number of nitrogens with zero attached hydrogens (tertiary/aromatic N) is 16. The number of carbonyl (C=O) groups is 2. The van der Waals surface area contributed by atoms with Crippen LogP contribution >= 0.6 is 73.9 Å². The predicted molar refractivity (Wildman–Crippen MR) is 597 cm³/mol. The van der Waals surface area contributed by atoms with Gasteiger partial charge < -0.3 is 45.5 Å². The van der Waals surface area contributed by atoms with Crippen molar-refractivity contribution in [2.24, 2.45) is 0 Å². The van der Waals surface area contributed by atoms with Gasteiger partial charge in [-0.1, -0.05) is 396 Å². The number of aromatic nitrogens is 14. The average Bonchev–Trinajstić information content (AvgIpc) is 1.67. The van der Waals surface area contributed by atoms with Gasteiger partial charge in [0.2, 0.25) is 5.82 Å². The number of hydrogen-bond donors (Lipinski definition) is 5. The van der Waals surface area contributed by atoms with Gasteiger partial charge in [-0.25, -0.2) is 24.9 Å². The molecule has 763 valence electrons. The molecule has 16 rings (SSSR count). The van der Waals surface area contributed by atoms with Crippen molar-refractivity contribution in [1.29, 1.82) is 21.0 Å². The second-order valence-electron chi connectivity index (χ2n) is 32.5. The van der Waals surface area contributed by atoms with Crippen LogP contribution in [0.15, 0.2) is 243 Å². The Morgan fingerprint density at radius 3 is 0.905 bits per heavy atom. The summed E-state index contributed by atoms with van der Waals surface area (Å²) in [5.74, 6) is 4.93. The SMILES string of the molecule is C.C.C.C.C.CCCCc1nc(C=O)c(Cl)[nH]1.CCCCc1nc(Cl)c(C=O)n1Cc1ccc(-c2ccccc2C#N)cc1.CCCCc1nc(Cl)c(CO)n1Cc1ccc(-c2ccccc2-c2nn[nH]n2)cc1.CCCCc1nc(Cl)c(CO)n1Cc1ccc(-c2ccccc2C#N)cc1.CCCCc1nc(Cl)c(CO)n1Cc1ccc(-c2ccccc2C#N)cc1.N#Cc1ccccc1-c1ccc(CBr)cc1.[B].[H-].[Na+].[Na+].[OH-]. The minimum Gasteiger partial charge on any atom is -1.00 e. The first kappa shape index (κ1) is 133.